The summed E-state index contributed by atoms with van der Waals surface area (Å²) >= 11 is 0. The number of aryl methyl sites for hydroxylation is 1. The molecule has 1 N–H and O–H groups in total. The second-order valence-electron chi connectivity index (χ2n) is 6.67. The van der Waals surface area contributed by atoms with Crippen molar-refractivity contribution in [2.75, 3.05) is 0 Å². The van der Waals surface area contributed by atoms with E-state index in [4.69, 9.17) is 0 Å². The van der Waals surface area contributed by atoms with Crippen LogP contribution < -0.4 is 5.32 Å². The standard InChI is InChI=1S/C18H26N2O/c1-4-13(3)16-18(21)20(15-6-5-7-15)17(19-16)14-10-8-12(2)9-11-14/h8-11,13,15-17,19H,4-7H2,1-3H3. The van der Waals surface area contributed by atoms with E-state index in [0.717, 1.165) is 19.3 Å². The van der Waals surface area contributed by atoms with Gasteiger partial charge in [0.15, 0.2) is 0 Å². The molecule has 21 heavy (non-hydrogen) atoms. The van der Waals surface area contributed by atoms with Crippen molar-refractivity contribution in [3.05, 3.63) is 35.4 Å². The zero-order valence-electron chi connectivity index (χ0n) is 13.3. The number of amides is 1. The van der Waals surface area contributed by atoms with Gasteiger partial charge in [-0.2, -0.15) is 0 Å². The highest BCUT2D eigenvalue weighted by molar-refractivity contribution is 5.85. The van der Waals surface area contributed by atoms with Crippen LogP contribution in [0.2, 0.25) is 0 Å². The predicted molar refractivity (Wildman–Crippen MR) is 84.8 cm³/mol. The minimum absolute atomic E-state index is 0.0260. The van der Waals surface area contributed by atoms with Crippen molar-refractivity contribution in [3.8, 4) is 0 Å². The van der Waals surface area contributed by atoms with Gasteiger partial charge < -0.3 is 4.90 Å². The van der Waals surface area contributed by atoms with Crippen LogP contribution in [0, 0.1) is 12.8 Å². The molecule has 1 amide bonds. The van der Waals surface area contributed by atoms with Gasteiger partial charge >= 0.3 is 0 Å². The van der Waals surface area contributed by atoms with Crippen molar-refractivity contribution in [3.63, 3.8) is 0 Å². The van der Waals surface area contributed by atoms with Crippen LogP contribution in [-0.2, 0) is 4.79 Å². The van der Waals surface area contributed by atoms with Crippen LogP contribution in [0.25, 0.3) is 0 Å². The molecule has 3 atom stereocenters. The molecule has 3 nitrogen and oxygen atoms in total. The van der Waals surface area contributed by atoms with Crippen molar-refractivity contribution in [1.82, 2.24) is 10.2 Å². The van der Waals surface area contributed by atoms with Crippen LogP contribution in [0.15, 0.2) is 24.3 Å². The maximum absolute atomic E-state index is 12.9. The summed E-state index contributed by atoms with van der Waals surface area (Å²) in [4.78, 5) is 15.0. The van der Waals surface area contributed by atoms with Crippen LogP contribution in [0.1, 0.15) is 56.8 Å². The number of hydrogen-bond donors (Lipinski definition) is 1. The van der Waals surface area contributed by atoms with E-state index in [2.05, 4.69) is 55.3 Å². The zero-order chi connectivity index (χ0) is 15.0. The minimum atomic E-state index is -0.0260. The highest BCUT2D eigenvalue weighted by Crippen LogP contribution is 2.37. The van der Waals surface area contributed by atoms with Crippen LogP contribution in [0.4, 0.5) is 0 Å². The number of nitrogens with one attached hydrogen (secondary N) is 1. The summed E-state index contributed by atoms with van der Waals surface area (Å²) in [6, 6.07) is 9.00. The molecule has 1 aromatic rings. The lowest BCUT2D eigenvalue weighted by atomic mass is 9.90. The number of carbonyl (C=O) groups is 1. The molecule has 3 heteroatoms. The molecule has 2 aliphatic rings. The van der Waals surface area contributed by atoms with E-state index in [1.165, 1.54) is 17.5 Å². The fourth-order valence-corrected chi connectivity index (χ4v) is 3.31. The Kier molecular flexibility index (Phi) is 4.03. The summed E-state index contributed by atoms with van der Waals surface area (Å²) in [5.74, 6) is 0.690. The first-order valence-corrected chi connectivity index (χ1v) is 8.26. The third kappa shape index (κ3) is 2.59. The van der Waals surface area contributed by atoms with Gasteiger partial charge in [-0.1, -0.05) is 50.1 Å². The molecule has 3 rings (SSSR count). The van der Waals surface area contributed by atoms with Gasteiger partial charge in [0.2, 0.25) is 5.91 Å². The Morgan fingerprint density at radius 1 is 1.29 bits per heavy atom. The molecule has 114 valence electrons. The van der Waals surface area contributed by atoms with E-state index in [1.807, 2.05) is 0 Å². The SMILES string of the molecule is CCC(C)C1NC(c2ccc(C)cc2)N(C2CCC2)C1=O. The number of benzene rings is 1. The lowest BCUT2D eigenvalue weighted by Crippen LogP contribution is -2.44. The summed E-state index contributed by atoms with van der Waals surface area (Å²) in [5.41, 5.74) is 2.48. The molecular weight excluding hydrogens is 260 g/mol. The van der Waals surface area contributed by atoms with Crippen molar-refractivity contribution in [1.29, 1.82) is 0 Å². The first-order chi connectivity index (χ1) is 10.1. The second-order valence-corrected chi connectivity index (χ2v) is 6.67. The largest absolute Gasteiger partial charge is 0.319 e. The summed E-state index contributed by atoms with van der Waals surface area (Å²) in [7, 11) is 0. The van der Waals surface area contributed by atoms with E-state index in [1.54, 1.807) is 0 Å². The van der Waals surface area contributed by atoms with E-state index >= 15 is 0 Å². The maximum atomic E-state index is 12.9. The topological polar surface area (TPSA) is 32.3 Å². The zero-order valence-corrected chi connectivity index (χ0v) is 13.3. The Hall–Kier alpha value is -1.35. The van der Waals surface area contributed by atoms with E-state index in [-0.39, 0.29) is 12.2 Å². The van der Waals surface area contributed by atoms with Crippen molar-refractivity contribution >= 4 is 5.91 Å². The molecule has 0 spiro atoms. The van der Waals surface area contributed by atoms with Gasteiger partial charge in [0.1, 0.15) is 6.17 Å². The Morgan fingerprint density at radius 3 is 2.48 bits per heavy atom. The molecule has 1 aliphatic heterocycles. The predicted octanol–water partition coefficient (Wildman–Crippen LogP) is 3.39. The Labute approximate surface area is 127 Å². The summed E-state index contributed by atoms with van der Waals surface area (Å²) in [6.45, 7) is 6.43. The van der Waals surface area contributed by atoms with Crippen molar-refractivity contribution in [2.45, 2.75) is 64.7 Å². The monoisotopic (exact) mass is 286 g/mol. The Morgan fingerprint density at radius 2 is 1.95 bits per heavy atom. The number of carbonyl (C=O) groups excluding carboxylic acids is 1. The van der Waals surface area contributed by atoms with Crippen LogP contribution in [-0.4, -0.2) is 22.9 Å². The highest BCUT2D eigenvalue weighted by Gasteiger charge is 2.45. The van der Waals surface area contributed by atoms with Crippen LogP contribution >= 0.6 is 0 Å². The van der Waals surface area contributed by atoms with Gasteiger partial charge in [0.25, 0.3) is 0 Å². The molecule has 1 heterocycles. The molecule has 2 fully saturated rings. The summed E-state index contributed by atoms with van der Waals surface area (Å²) in [5, 5.41) is 3.60. The third-order valence-electron chi connectivity index (χ3n) is 5.21. The van der Waals surface area contributed by atoms with E-state index < -0.39 is 0 Å². The van der Waals surface area contributed by atoms with E-state index in [0.29, 0.717) is 17.9 Å². The number of nitrogens with zero attached hydrogens (tertiary/aromatic N) is 1. The first kappa shape index (κ1) is 14.6. The average molecular weight is 286 g/mol. The fraction of sp³-hybridized carbons (Fsp3) is 0.611. The van der Waals surface area contributed by atoms with Crippen molar-refractivity contribution < 1.29 is 4.79 Å². The maximum Gasteiger partial charge on any atom is 0.241 e. The average Bonchev–Trinajstić information content (AvgIpc) is 2.76. The molecule has 3 unspecified atom stereocenters. The molecule has 0 bridgehead atoms. The highest BCUT2D eigenvalue weighted by atomic mass is 16.2. The first-order valence-electron chi connectivity index (χ1n) is 8.26. The molecule has 1 aromatic carbocycles. The Balaban J connectivity index is 1.89. The van der Waals surface area contributed by atoms with Gasteiger partial charge in [0.05, 0.1) is 6.04 Å². The molecule has 1 saturated heterocycles. The molecule has 1 saturated carbocycles. The second kappa shape index (κ2) is 5.80. The van der Waals surface area contributed by atoms with Crippen LogP contribution in [0.5, 0.6) is 0 Å². The molecule has 1 aliphatic carbocycles. The normalized spacial score (nSPS) is 27.8. The lowest BCUT2D eigenvalue weighted by molar-refractivity contribution is -0.134. The Bertz CT molecular complexity index is 506. The minimum Gasteiger partial charge on any atom is -0.319 e. The number of rotatable bonds is 4. The van der Waals surface area contributed by atoms with Gasteiger partial charge in [-0.25, -0.2) is 0 Å². The van der Waals surface area contributed by atoms with E-state index in [9.17, 15) is 4.79 Å². The van der Waals surface area contributed by atoms with Gasteiger partial charge in [0, 0.05) is 6.04 Å². The lowest BCUT2D eigenvalue weighted by Gasteiger charge is -2.38. The van der Waals surface area contributed by atoms with Gasteiger partial charge in [-0.15, -0.1) is 0 Å². The molecule has 0 radical (unpaired) electrons. The summed E-state index contributed by atoms with van der Waals surface area (Å²) < 4.78 is 0. The third-order valence-corrected chi connectivity index (χ3v) is 5.21. The summed E-state index contributed by atoms with van der Waals surface area (Å²) in [6.07, 6.45) is 4.65. The number of hydrogen-bond acceptors (Lipinski definition) is 2. The smallest absolute Gasteiger partial charge is 0.241 e. The van der Waals surface area contributed by atoms with Gasteiger partial charge in [-0.3, -0.25) is 10.1 Å². The van der Waals surface area contributed by atoms with Gasteiger partial charge in [-0.05, 0) is 37.7 Å². The molecular formula is C18H26N2O. The molecule has 0 aromatic heterocycles. The fourth-order valence-electron chi connectivity index (χ4n) is 3.31. The van der Waals surface area contributed by atoms with Crippen LogP contribution in [0.3, 0.4) is 0 Å². The van der Waals surface area contributed by atoms with Crippen molar-refractivity contribution in [2.24, 2.45) is 5.92 Å². The quantitative estimate of drug-likeness (QED) is 0.920.